The first-order chi connectivity index (χ1) is 18.0. The molecule has 4 aromatic rings. The molecule has 5 rings (SSSR count). The molecule has 0 spiro atoms. The zero-order valence-corrected chi connectivity index (χ0v) is 21.1. The van der Waals surface area contributed by atoms with Gasteiger partial charge in [0.05, 0.1) is 35.6 Å². The van der Waals surface area contributed by atoms with Gasteiger partial charge < -0.3 is 14.6 Å². The van der Waals surface area contributed by atoms with Crippen molar-refractivity contribution in [1.29, 1.82) is 0 Å². The Morgan fingerprint density at radius 1 is 1.05 bits per heavy atom. The van der Waals surface area contributed by atoms with Crippen molar-refractivity contribution >= 4 is 29.1 Å². The number of phenols is 1. The SMILES string of the molecule is CCOC(=O)C1=C(c2ccccc2)N=c2sc(=Cc3ccc(O)cc3)c(=O)n2[C@@H]1c1ccc(OC)cc1. The van der Waals surface area contributed by atoms with Crippen LogP contribution in [0.4, 0.5) is 0 Å². The minimum absolute atomic E-state index is 0.143. The molecule has 0 saturated heterocycles. The number of thiazole rings is 1. The number of aromatic hydroxyl groups is 1. The van der Waals surface area contributed by atoms with Crippen molar-refractivity contribution in [1.82, 2.24) is 4.57 Å². The van der Waals surface area contributed by atoms with Gasteiger partial charge >= 0.3 is 5.97 Å². The lowest BCUT2D eigenvalue weighted by Gasteiger charge is -2.26. The van der Waals surface area contributed by atoms with Gasteiger partial charge in [-0.05, 0) is 48.4 Å². The number of ether oxygens (including phenoxy) is 2. The molecule has 3 aromatic carbocycles. The number of nitrogens with zero attached hydrogens (tertiary/aromatic N) is 2. The van der Waals surface area contributed by atoms with Gasteiger partial charge in [-0.1, -0.05) is 65.9 Å². The van der Waals surface area contributed by atoms with Crippen LogP contribution in [-0.2, 0) is 9.53 Å². The van der Waals surface area contributed by atoms with Gasteiger partial charge in [0.25, 0.3) is 5.56 Å². The highest BCUT2D eigenvalue weighted by Gasteiger charge is 2.35. The molecular weight excluding hydrogens is 488 g/mol. The van der Waals surface area contributed by atoms with E-state index in [9.17, 15) is 14.7 Å². The molecule has 1 N–H and O–H groups in total. The molecule has 8 heteroatoms. The van der Waals surface area contributed by atoms with Crippen molar-refractivity contribution in [2.75, 3.05) is 13.7 Å². The van der Waals surface area contributed by atoms with Crippen molar-refractivity contribution in [3.05, 3.63) is 121 Å². The van der Waals surface area contributed by atoms with Crippen LogP contribution in [0, 0.1) is 0 Å². The average molecular weight is 513 g/mol. The first kappa shape index (κ1) is 24.3. The zero-order valence-electron chi connectivity index (χ0n) is 20.3. The van der Waals surface area contributed by atoms with E-state index in [1.54, 1.807) is 61.1 Å². The van der Waals surface area contributed by atoms with Crippen LogP contribution < -0.4 is 19.6 Å². The quantitative estimate of drug-likeness (QED) is 0.399. The van der Waals surface area contributed by atoms with Crippen LogP contribution in [0.25, 0.3) is 11.8 Å². The molecule has 0 amide bonds. The Labute approximate surface area is 216 Å². The summed E-state index contributed by atoms with van der Waals surface area (Å²) in [6, 6.07) is 22.5. The van der Waals surface area contributed by atoms with Crippen LogP contribution in [0.1, 0.15) is 29.7 Å². The summed E-state index contributed by atoms with van der Waals surface area (Å²) >= 11 is 1.25. The fourth-order valence-corrected chi connectivity index (χ4v) is 5.26. The van der Waals surface area contributed by atoms with E-state index in [-0.39, 0.29) is 17.9 Å². The predicted molar refractivity (Wildman–Crippen MR) is 142 cm³/mol. The molecule has 0 bridgehead atoms. The molecule has 1 aliphatic heterocycles. The van der Waals surface area contributed by atoms with Gasteiger partial charge in [0.15, 0.2) is 4.80 Å². The molecular formula is C29H24N2O5S. The third kappa shape index (κ3) is 4.71. The van der Waals surface area contributed by atoms with Crippen LogP contribution in [0.15, 0.2) is 94.2 Å². The fraction of sp³-hybridized carbons (Fsp3) is 0.138. The summed E-state index contributed by atoms with van der Waals surface area (Å²) in [6.45, 7) is 1.93. The number of hydrogen-bond acceptors (Lipinski definition) is 7. The second-order valence-electron chi connectivity index (χ2n) is 8.30. The number of methoxy groups -OCH3 is 1. The van der Waals surface area contributed by atoms with E-state index in [2.05, 4.69) is 0 Å². The van der Waals surface area contributed by atoms with Crippen LogP contribution >= 0.6 is 11.3 Å². The molecule has 0 radical (unpaired) electrons. The Balaban J connectivity index is 1.81. The highest BCUT2D eigenvalue weighted by atomic mass is 32.1. The van der Waals surface area contributed by atoms with Crippen molar-refractivity contribution in [3.63, 3.8) is 0 Å². The van der Waals surface area contributed by atoms with Gasteiger partial charge in [0.2, 0.25) is 0 Å². The second kappa shape index (κ2) is 10.3. The molecule has 37 heavy (non-hydrogen) atoms. The number of rotatable bonds is 6. The Morgan fingerprint density at radius 3 is 2.41 bits per heavy atom. The highest BCUT2D eigenvalue weighted by Crippen LogP contribution is 2.35. The topological polar surface area (TPSA) is 90.1 Å². The van der Waals surface area contributed by atoms with E-state index in [0.717, 1.165) is 16.7 Å². The number of hydrogen-bond donors (Lipinski definition) is 1. The van der Waals surface area contributed by atoms with E-state index in [0.29, 0.717) is 26.4 Å². The molecule has 0 saturated carbocycles. The summed E-state index contributed by atoms with van der Waals surface area (Å²) in [5.74, 6) is 0.275. The Bertz CT molecular complexity index is 1650. The van der Waals surface area contributed by atoms with Crippen LogP contribution in [0.3, 0.4) is 0 Å². The van der Waals surface area contributed by atoms with Gasteiger partial charge in [0, 0.05) is 5.56 Å². The van der Waals surface area contributed by atoms with Crippen molar-refractivity contribution in [2.45, 2.75) is 13.0 Å². The molecule has 1 aromatic heterocycles. The van der Waals surface area contributed by atoms with Gasteiger partial charge in [0.1, 0.15) is 11.5 Å². The molecule has 0 aliphatic carbocycles. The smallest absolute Gasteiger partial charge is 0.338 e. The number of aromatic nitrogens is 1. The van der Waals surface area contributed by atoms with E-state index in [4.69, 9.17) is 14.5 Å². The monoisotopic (exact) mass is 512 g/mol. The lowest BCUT2D eigenvalue weighted by atomic mass is 9.93. The number of fused-ring (bicyclic) bond motifs is 1. The highest BCUT2D eigenvalue weighted by molar-refractivity contribution is 7.07. The summed E-state index contributed by atoms with van der Waals surface area (Å²) < 4.78 is 12.8. The number of benzene rings is 3. The third-order valence-corrected chi connectivity index (χ3v) is 6.98. The Hall–Kier alpha value is -4.43. The molecule has 7 nitrogen and oxygen atoms in total. The van der Waals surface area contributed by atoms with Crippen molar-refractivity contribution in [2.24, 2.45) is 4.99 Å². The molecule has 0 fully saturated rings. The second-order valence-corrected chi connectivity index (χ2v) is 9.31. The fourth-order valence-electron chi connectivity index (χ4n) is 4.26. The summed E-state index contributed by atoms with van der Waals surface area (Å²) in [4.78, 5) is 32.5. The standard InChI is InChI=1S/C29H24N2O5S/c1-3-36-28(34)24-25(19-7-5-4-6-8-19)30-29-31(26(24)20-11-15-22(35-2)16-12-20)27(33)23(37-29)17-18-9-13-21(32)14-10-18/h4-17,26,32H,3H2,1-2H3/t26-/m1/s1. The molecule has 0 unspecified atom stereocenters. The van der Waals surface area contributed by atoms with E-state index in [1.807, 2.05) is 42.5 Å². The first-order valence-corrected chi connectivity index (χ1v) is 12.5. The van der Waals surface area contributed by atoms with Gasteiger partial charge in [-0.3, -0.25) is 9.36 Å². The largest absolute Gasteiger partial charge is 0.508 e. The summed E-state index contributed by atoms with van der Waals surface area (Å²) in [6.07, 6.45) is 1.75. The van der Waals surface area contributed by atoms with Crippen LogP contribution in [0.2, 0.25) is 0 Å². The number of carbonyl (C=O) groups is 1. The average Bonchev–Trinajstić information content (AvgIpc) is 3.24. The molecule has 2 heterocycles. The minimum Gasteiger partial charge on any atom is -0.508 e. The normalized spacial score (nSPS) is 15.2. The maximum absolute atomic E-state index is 13.8. The van der Waals surface area contributed by atoms with E-state index < -0.39 is 12.0 Å². The molecule has 1 aliphatic rings. The number of carbonyl (C=O) groups excluding carboxylic acids is 1. The van der Waals surface area contributed by atoms with E-state index >= 15 is 0 Å². The third-order valence-electron chi connectivity index (χ3n) is 6.00. The molecule has 1 atom stereocenters. The van der Waals surface area contributed by atoms with Gasteiger partial charge in [-0.25, -0.2) is 9.79 Å². The van der Waals surface area contributed by atoms with E-state index in [1.165, 1.54) is 11.3 Å². The molecule has 186 valence electrons. The van der Waals surface area contributed by atoms with Crippen LogP contribution in [-0.4, -0.2) is 29.4 Å². The maximum atomic E-state index is 13.8. The van der Waals surface area contributed by atoms with Gasteiger partial charge in [-0.15, -0.1) is 0 Å². The first-order valence-electron chi connectivity index (χ1n) is 11.7. The zero-order chi connectivity index (χ0) is 25.9. The van der Waals surface area contributed by atoms with Crippen molar-refractivity contribution in [3.8, 4) is 11.5 Å². The lowest BCUT2D eigenvalue weighted by molar-refractivity contribution is -0.138. The number of phenolic OH excluding ortho intramolecular Hbond substituents is 1. The summed E-state index contributed by atoms with van der Waals surface area (Å²) in [7, 11) is 1.58. The summed E-state index contributed by atoms with van der Waals surface area (Å²) in [5, 5.41) is 9.62. The Kier molecular flexibility index (Phi) is 6.74. The van der Waals surface area contributed by atoms with Crippen molar-refractivity contribution < 1.29 is 19.4 Å². The lowest BCUT2D eigenvalue weighted by Crippen LogP contribution is -2.40. The van der Waals surface area contributed by atoms with Crippen LogP contribution in [0.5, 0.6) is 11.5 Å². The number of esters is 1. The maximum Gasteiger partial charge on any atom is 0.338 e. The minimum atomic E-state index is -0.751. The predicted octanol–water partition coefficient (Wildman–Crippen LogP) is 3.65. The van der Waals surface area contributed by atoms with Gasteiger partial charge in [-0.2, -0.15) is 0 Å². The summed E-state index contributed by atoms with van der Waals surface area (Å²) in [5.41, 5.74) is 2.73. The Morgan fingerprint density at radius 2 is 1.76 bits per heavy atom.